The molecule has 0 atom stereocenters. The molecule has 0 radical (unpaired) electrons. The number of hydrogen-bond donors (Lipinski definition) is 4. The summed E-state index contributed by atoms with van der Waals surface area (Å²) < 4.78 is 2.36. The van der Waals surface area contributed by atoms with Crippen LogP contribution in [0, 0.1) is 10.8 Å². The lowest BCUT2D eigenvalue weighted by molar-refractivity contribution is 0.241. The van der Waals surface area contributed by atoms with Gasteiger partial charge in [-0.15, -0.1) is 0 Å². The lowest BCUT2D eigenvalue weighted by atomic mass is 10.0. The summed E-state index contributed by atoms with van der Waals surface area (Å²) in [6, 6.07) is 29.1. The Bertz CT molecular complexity index is 1640. The zero-order valence-corrected chi connectivity index (χ0v) is 20.0. The number of fused-ring (bicyclic) bond motifs is 4. The second kappa shape index (κ2) is 8.66. The van der Waals surface area contributed by atoms with Crippen LogP contribution in [0.5, 0.6) is 0 Å². The standard InChI is InChI=1S/C30H28N6/c31-29(32)21-9-11-24(12-10-21)36-27-4-2-1-3-25(27)26-13-14-35(18-28(26)36)17-19-5-6-20-7-8-22(30(33)34)16-23(20)15-19/h1-12,15-16H,13-14,17-18H2,(H3,31,32)(H3,33,34). The molecule has 6 N–H and O–H groups in total. The minimum Gasteiger partial charge on any atom is -0.384 e. The van der Waals surface area contributed by atoms with E-state index in [1.165, 1.54) is 27.7 Å². The number of nitrogen functional groups attached to an aromatic ring is 2. The summed E-state index contributed by atoms with van der Waals surface area (Å²) in [7, 11) is 0. The van der Waals surface area contributed by atoms with E-state index >= 15 is 0 Å². The third-order valence-electron chi connectivity index (χ3n) is 7.20. The Morgan fingerprint density at radius 1 is 0.778 bits per heavy atom. The van der Waals surface area contributed by atoms with E-state index in [4.69, 9.17) is 22.3 Å². The summed E-state index contributed by atoms with van der Waals surface area (Å²) in [6.07, 6.45) is 0.996. The SMILES string of the molecule is N=C(N)c1ccc(-n2c3c(c4ccccc42)CCN(Cc2ccc4ccc(C(=N)N)cc4c2)C3)cc1. The normalized spacial score (nSPS) is 13.7. The maximum atomic E-state index is 7.76. The zero-order valence-electron chi connectivity index (χ0n) is 20.0. The maximum absolute atomic E-state index is 7.76. The summed E-state index contributed by atoms with van der Waals surface area (Å²) in [5.41, 5.74) is 19.2. The number of nitrogens with one attached hydrogen (secondary N) is 2. The molecule has 0 bridgehead atoms. The molecular weight excluding hydrogens is 444 g/mol. The summed E-state index contributed by atoms with van der Waals surface area (Å²) >= 11 is 0. The summed E-state index contributed by atoms with van der Waals surface area (Å²) in [5.74, 6) is 0.174. The number of rotatable bonds is 5. The van der Waals surface area contributed by atoms with Gasteiger partial charge in [-0.1, -0.05) is 42.5 Å². The van der Waals surface area contributed by atoms with E-state index < -0.39 is 0 Å². The second-order valence-corrected chi connectivity index (χ2v) is 9.51. The number of hydrogen-bond acceptors (Lipinski definition) is 3. The Balaban J connectivity index is 1.35. The fourth-order valence-electron chi connectivity index (χ4n) is 5.41. The Kier molecular flexibility index (Phi) is 5.31. The lowest BCUT2D eigenvalue weighted by Gasteiger charge is -2.28. The zero-order chi connectivity index (χ0) is 24.8. The Labute approximate surface area is 209 Å². The minimum absolute atomic E-state index is 0.0814. The van der Waals surface area contributed by atoms with Crippen molar-refractivity contribution >= 4 is 33.3 Å². The van der Waals surface area contributed by atoms with Gasteiger partial charge in [0.1, 0.15) is 11.7 Å². The van der Waals surface area contributed by atoms with Crippen LogP contribution in [0.3, 0.4) is 0 Å². The number of para-hydroxylation sites is 1. The first-order valence-corrected chi connectivity index (χ1v) is 12.1. The van der Waals surface area contributed by atoms with E-state index in [1.54, 1.807) is 0 Å². The molecule has 0 fully saturated rings. The third-order valence-corrected chi connectivity index (χ3v) is 7.20. The molecule has 1 aliphatic rings. The first kappa shape index (κ1) is 22.1. The second-order valence-electron chi connectivity index (χ2n) is 9.51. The van der Waals surface area contributed by atoms with E-state index in [-0.39, 0.29) is 11.7 Å². The van der Waals surface area contributed by atoms with Crippen LogP contribution in [-0.2, 0) is 19.5 Å². The van der Waals surface area contributed by atoms with Gasteiger partial charge in [0.2, 0.25) is 0 Å². The van der Waals surface area contributed by atoms with E-state index in [0.717, 1.165) is 53.6 Å². The van der Waals surface area contributed by atoms with Crippen molar-refractivity contribution in [1.82, 2.24) is 9.47 Å². The number of benzene rings is 4. The molecule has 4 aromatic carbocycles. The van der Waals surface area contributed by atoms with Gasteiger partial charge in [0.25, 0.3) is 0 Å². The first-order valence-electron chi connectivity index (χ1n) is 12.1. The predicted octanol–water partition coefficient (Wildman–Crippen LogP) is 4.91. The van der Waals surface area contributed by atoms with Crippen LogP contribution in [0.4, 0.5) is 0 Å². The van der Waals surface area contributed by atoms with Crippen molar-refractivity contribution in [2.24, 2.45) is 11.5 Å². The highest BCUT2D eigenvalue weighted by Gasteiger charge is 2.24. The molecule has 36 heavy (non-hydrogen) atoms. The predicted molar refractivity (Wildman–Crippen MR) is 147 cm³/mol. The Morgan fingerprint density at radius 3 is 2.28 bits per heavy atom. The lowest BCUT2D eigenvalue weighted by Crippen LogP contribution is -2.31. The molecule has 5 aromatic rings. The average Bonchev–Trinajstić information content (AvgIpc) is 3.22. The molecule has 0 unspecified atom stereocenters. The first-order chi connectivity index (χ1) is 17.5. The molecule has 2 heterocycles. The van der Waals surface area contributed by atoms with Gasteiger partial charge in [-0.05, 0) is 70.8 Å². The van der Waals surface area contributed by atoms with Crippen molar-refractivity contribution in [2.75, 3.05) is 6.54 Å². The minimum atomic E-state index is 0.0814. The molecule has 0 spiro atoms. The van der Waals surface area contributed by atoms with Crippen LogP contribution in [-0.4, -0.2) is 27.7 Å². The van der Waals surface area contributed by atoms with Gasteiger partial charge < -0.3 is 16.0 Å². The van der Waals surface area contributed by atoms with Gasteiger partial charge >= 0.3 is 0 Å². The van der Waals surface area contributed by atoms with Crippen molar-refractivity contribution in [3.05, 3.63) is 113 Å². The molecule has 6 heteroatoms. The van der Waals surface area contributed by atoms with Crippen LogP contribution in [0.25, 0.3) is 27.4 Å². The van der Waals surface area contributed by atoms with Crippen LogP contribution >= 0.6 is 0 Å². The molecule has 6 rings (SSSR count). The topological polar surface area (TPSA) is 108 Å². The fourth-order valence-corrected chi connectivity index (χ4v) is 5.41. The highest BCUT2D eigenvalue weighted by Crippen LogP contribution is 2.34. The van der Waals surface area contributed by atoms with Gasteiger partial charge in [-0.3, -0.25) is 15.7 Å². The van der Waals surface area contributed by atoms with Crippen LogP contribution in [0.15, 0.2) is 84.9 Å². The van der Waals surface area contributed by atoms with Crippen molar-refractivity contribution in [3.63, 3.8) is 0 Å². The largest absolute Gasteiger partial charge is 0.384 e. The highest BCUT2D eigenvalue weighted by molar-refractivity contribution is 5.99. The summed E-state index contributed by atoms with van der Waals surface area (Å²) in [4.78, 5) is 2.50. The van der Waals surface area contributed by atoms with Crippen LogP contribution < -0.4 is 11.5 Å². The molecule has 0 amide bonds. The van der Waals surface area contributed by atoms with E-state index in [9.17, 15) is 0 Å². The number of amidine groups is 2. The van der Waals surface area contributed by atoms with E-state index in [0.29, 0.717) is 0 Å². The smallest absolute Gasteiger partial charge is 0.122 e. The average molecular weight is 473 g/mol. The molecule has 0 aliphatic carbocycles. The highest BCUT2D eigenvalue weighted by atomic mass is 15.2. The van der Waals surface area contributed by atoms with Gasteiger partial charge in [-0.2, -0.15) is 0 Å². The van der Waals surface area contributed by atoms with Gasteiger partial charge in [-0.25, -0.2) is 0 Å². The van der Waals surface area contributed by atoms with E-state index in [1.807, 2.05) is 30.3 Å². The monoisotopic (exact) mass is 472 g/mol. The molecular formula is C30H28N6. The quantitative estimate of drug-likeness (QED) is 0.216. The molecule has 1 aromatic heterocycles. The molecule has 178 valence electrons. The van der Waals surface area contributed by atoms with Crippen LogP contribution in [0.1, 0.15) is 27.9 Å². The summed E-state index contributed by atoms with van der Waals surface area (Å²) in [6.45, 7) is 2.70. The van der Waals surface area contributed by atoms with Crippen molar-refractivity contribution < 1.29 is 0 Å². The van der Waals surface area contributed by atoms with Crippen molar-refractivity contribution in [1.29, 1.82) is 10.8 Å². The fraction of sp³-hybridized carbons (Fsp3) is 0.133. The number of nitrogens with two attached hydrogens (primary N) is 2. The third kappa shape index (κ3) is 3.82. The number of aromatic nitrogens is 1. The molecule has 0 saturated carbocycles. The van der Waals surface area contributed by atoms with Crippen molar-refractivity contribution in [3.8, 4) is 5.69 Å². The van der Waals surface area contributed by atoms with Crippen LogP contribution in [0.2, 0.25) is 0 Å². The molecule has 1 aliphatic heterocycles. The van der Waals surface area contributed by atoms with Gasteiger partial charge in [0, 0.05) is 47.5 Å². The molecule has 0 saturated heterocycles. The van der Waals surface area contributed by atoms with Crippen molar-refractivity contribution in [2.45, 2.75) is 19.5 Å². The Hall–Kier alpha value is -4.42. The number of nitrogens with zero attached hydrogens (tertiary/aromatic N) is 2. The van der Waals surface area contributed by atoms with Gasteiger partial charge in [0.05, 0.1) is 5.52 Å². The van der Waals surface area contributed by atoms with E-state index in [2.05, 4.69) is 64.1 Å². The molecule has 6 nitrogen and oxygen atoms in total. The van der Waals surface area contributed by atoms with Gasteiger partial charge in [0.15, 0.2) is 0 Å². The summed E-state index contributed by atoms with van der Waals surface area (Å²) in [5, 5.41) is 19.1. The maximum Gasteiger partial charge on any atom is 0.122 e. The Morgan fingerprint density at radius 2 is 1.50 bits per heavy atom.